The zero-order valence-electron chi connectivity index (χ0n) is 27.4. The molecule has 0 fully saturated rings. The van der Waals surface area contributed by atoms with E-state index in [4.69, 9.17) is 0 Å². The number of amides is 1. The van der Waals surface area contributed by atoms with Gasteiger partial charge in [-0.25, -0.2) is 0 Å². The van der Waals surface area contributed by atoms with E-state index >= 15 is 0 Å². The Kier molecular flexibility index (Phi) is 29.0. The molecule has 1 amide bonds. The highest BCUT2D eigenvalue weighted by Crippen LogP contribution is 2.14. The van der Waals surface area contributed by atoms with Crippen LogP contribution in [0.2, 0.25) is 0 Å². The molecule has 0 aromatic heterocycles. The zero-order chi connectivity index (χ0) is 31.2. The molecule has 0 aromatic carbocycles. The SMILES string of the molecule is CCCCCCCCCCCCCCCC/C=C/CC/C=C/C(O)C(CS(=O)(=O)O)NC(=O)CCCCCCCCC. The lowest BCUT2D eigenvalue weighted by molar-refractivity contribution is -0.122. The van der Waals surface area contributed by atoms with Crippen molar-refractivity contribution in [1.82, 2.24) is 5.32 Å². The largest absolute Gasteiger partial charge is 0.387 e. The van der Waals surface area contributed by atoms with Crippen LogP contribution in [0, 0.1) is 0 Å². The van der Waals surface area contributed by atoms with E-state index in [-0.39, 0.29) is 12.3 Å². The molecule has 2 atom stereocenters. The molecule has 0 radical (unpaired) electrons. The number of unbranched alkanes of at least 4 members (excludes halogenated alkanes) is 21. The average molecular weight is 614 g/mol. The van der Waals surface area contributed by atoms with Gasteiger partial charge in [-0.3, -0.25) is 9.35 Å². The Labute approximate surface area is 260 Å². The first-order valence-corrected chi connectivity index (χ1v) is 19.1. The van der Waals surface area contributed by atoms with Crippen LogP contribution in [0.25, 0.3) is 0 Å². The van der Waals surface area contributed by atoms with Crippen molar-refractivity contribution in [2.75, 3.05) is 5.75 Å². The molecule has 0 heterocycles. The summed E-state index contributed by atoms with van der Waals surface area (Å²) in [7, 11) is -4.34. The molecular formula is C35H67NO5S. The van der Waals surface area contributed by atoms with Crippen molar-refractivity contribution in [1.29, 1.82) is 0 Å². The summed E-state index contributed by atoms with van der Waals surface area (Å²) < 4.78 is 32.1. The Morgan fingerprint density at radius 3 is 1.50 bits per heavy atom. The fourth-order valence-corrected chi connectivity index (χ4v) is 5.96. The maximum Gasteiger partial charge on any atom is 0.267 e. The Morgan fingerprint density at radius 2 is 1.02 bits per heavy atom. The molecule has 0 saturated carbocycles. The molecule has 0 bridgehead atoms. The van der Waals surface area contributed by atoms with Gasteiger partial charge in [-0.15, -0.1) is 0 Å². The van der Waals surface area contributed by atoms with E-state index in [1.807, 2.05) is 0 Å². The van der Waals surface area contributed by atoms with Gasteiger partial charge in [0.2, 0.25) is 5.91 Å². The molecule has 2 unspecified atom stereocenters. The van der Waals surface area contributed by atoms with E-state index in [0.717, 1.165) is 38.5 Å². The van der Waals surface area contributed by atoms with E-state index < -0.39 is 28.0 Å². The fraction of sp³-hybridized carbons (Fsp3) is 0.857. The molecule has 248 valence electrons. The van der Waals surface area contributed by atoms with Crippen molar-refractivity contribution in [2.45, 2.75) is 187 Å². The predicted molar refractivity (Wildman–Crippen MR) is 179 cm³/mol. The van der Waals surface area contributed by atoms with Crippen molar-refractivity contribution in [3.05, 3.63) is 24.3 Å². The first-order valence-electron chi connectivity index (χ1n) is 17.5. The molecule has 0 rings (SSSR count). The molecule has 0 saturated heterocycles. The van der Waals surface area contributed by atoms with Gasteiger partial charge in [0.15, 0.2) is 0 Å². The number of hydrogen-bond acceptors (Lipinski definition) is 4. The lowest BCUT2D eigenvalue weighted by atomic mass is 10.0. The van der Waals surface area contributed by atoms with Crippen LogP contribution in [0.3, 0.4) is 0 Å². The Hall–Kier alpha value is -1.18. The molecular weight excluding hydrogens is 546 g/mol. The molecule has 42 heavy (non-hydrogen) atoms. The number of carbonyl (C=O) groups is 1. The second kappa shape index (κ2) is 29.9. The third-order valence-corrected chi connectivity index (χ3v) is 8.66. The van der Waals surface area contributed by atoms with Crippen molar-refractivity contribution < 1.29 is 22.9 Å². The smallest absolute Gasteiger partial charge is 0.267 e. The van der Waals surface area contributed by atoms with Gasteiger partial charge in [-0.1, -0.05) is 160 Å². The maximum absolute atomic E-state index is 12.3. The Morgan fingerprint density at radius 1 is 0.619 bits per heavy atom. The van der Waals surface area contributed by atoms with Gasteiger partial charge in [-0.2, -0.15) is 8.42 Å². The van der Waals surface area contributed by atoms with Crippen LogP contribution in [-0.4, -0.2) is 41.9 Å². The molecule has 0 aliphatic heterocycles. The van der Waals surface area contributed by atoms with Crippen molar-refractivity contribution in [3.63, 3.8) is 0 Å². The molecule has 7 heteroatoms. The number of aliphatic hydroxyl groups is 1. The summed E-state index contributed by atoms with van der Waals surface area (Å²) in [5.74, 6) is -1.00. The minimum absolute atomic E-state index is 0.288. The quantitative estimate of drug-likeness (QED) is 0.0410. The number of rotatable bonds is 31. The van der Waals surface area contributed by atoms with Crippen LogP contribution < -0.4 is 5.32 Å². The van der Waals surface area contributed by atoms with Crippen molar-refractivity contribution in [2.24, 2.45) is 0 Å². The monoisotopic (exact) mass is 613 g/mol. The van der Waals surface area contributed by atoms with E-state index in [1.165, 1.54) is 122 Å². The highest BCUT2D eigenvalue weighted by Gasteiger charge is 2.24. The first-order chi connectivity index (χ1) is 20.3. The molecule has 0 aliphatic rings. The van der Waals surface area contributed by atoms with Crippen LogP contribution in [-0.2, 0) is 14.9 Å². The van der Waals surface area contributed by atoms with E-state index in [9.17, 15) is 22.9 Å². The van der Waals surface area contributed by atoms with Crippen molar-refractivity contribution in [3.8, 4) is 0 Å². The number of aliphatic hydroxyl groups excluding tert-OH is 1. The van der Waals surface area contributed by atoms with Gasteiger partial charge in [0.05, 0.1) is 17.9 Å². The average Bonchev–Trinajstić information content (AvgIpc) is 2.94. The van der Waals surface area contributed by atoms with E-state index in [1.54, 1.807) is 6.08 Å². The van der Waals surface area contributed by atoms with Crippen molar-refractivity contribution >= 4 is 16.0 Å². The van der Waals surface area contributed by atoms with Gasteiger partial charge in [-0.05, 0) is 32.1 Å². The Balaban J connectivity index is 3.94. The molecule has 0 aromatic rings. The molecule has 0 spiro atoms. The summed E-state index contributed by atoms with van der Waals surface area (Å²) in [5.41, 5.74) is 0. The highest BCUT2D eigenvalue weighted by atomic mass is 32.2. The number of allylic oxidation sites excluding steroid dienone is 3. The van der Waals surface area contributed by atoms with Gasteiger partial charge < -0.3 is 10.4 Å². The van der Waals surface area contributed by atoms with Gasteiger partial charge in [0.25, 0.3) is 10.1 Å². The van der Waals surface area contributed by atoms with Gasteiger partial charge in [0, 0.05) is 6.42 Å². The normalized spacial score (nSPS) is 13.7. The highest BCUT2D eigenvalue weighted by molar-refractivity contribution is 7.85. The van der Waals surface area contributed by atoms with Crippen LogP contribution in [0.5, 0.6) is 0 Å². The topological polar surface area (TPSA) is 104 Å². The van der Waals surface area contributed by atoms with Crippen LogP contribution in [0.4, 0.5) is 0 Å². The second-order valence-electron chi connectivity index (χ2n) is 12.1. The van der Waals surface area contributed by atoms with Gasteiger partial charge >= 0.3 is 0 Å². The predicted octanol–water partition coefficient (Wildman–Crippen LogP) is 9.62. The fourth-order valence-electron chi connectivity index (χ4n) is 5.23. The van der Waals surface area contributed by atoms with Gasteiger partial charge in [0.1, 0.15) is 0 Å². The minimum Gasteiger partial charge on any atom is -0.387 e. The molecule has 6 nitrogen and oxygen atoms in total. The lowest BCUT2D eigenvalue weighted by Crippen LogP contribution is -2.46. The zero-order valence-corrected chi connectivity index (χ0v) is 28.2. The summed E-state index contributed by atoms with van der Waals surface area (Å²) >= 11 is 0. The second-order valence-corrected chi connectivity index (χ2v) is 13.6. The summed E-state index contributed by atoms with van der Waals surface area (Å²) in [6, 6.07) is -1.07. The molecule has 3 N–H and O–H groups in total. The lowest BCUT2D eigenvalue weighted by Gasteiger charge is -2.21. The third kappa shape index (κ3) is 30.3. The first kappa shape index (κ1) is 40.8. The van der Waals surface area contributed by atoms with Crippen LogP contribution in [0.15, 0.2) is 24.3 Å². The van der Waals surface area contributed by atoms with Crippen LogP contribution >= 0.6 is 0 Å². The number of carbonyl (C=O) groups excluding carboxylic acids is 1. The van der Waals surface area contributed by atoms with E-state index in [0.29, 0.717) is 0 Å². The minimum atomic E-state index is -4.34. The summed E-state index contributed by atoms with van der Waals surface area (Å²) in [6.45, 7) is 4.45. The summed E-state index contributed by atoms with van der Waals surface area (Å²) in [4.78, 5) is 12.3. The van der Waals surface area contributed by atoms with E-state index in [2.05, 4.69) is 31.3 Å². The van der Waals surface area contributed by atoms with Crippen LogP contribution in [0.1, 0.15) is 174 Å². The maximum atomic E-state index is 12.3. The standard InChI is InChI=1S/C35H67NO5S/c1-3-5-7-9-11-12-13-14-15-16-17-18-19-20-21-22-23-25-26-28-30-34(37)33(32-42(39,40)41)36-35(38)31-29-27-24-10-8-6-4-2/h22-23,28,30,33-34,37H,3-21,24-27,29,31-32H2,1-2H3,(H,36,38)(H,39,40,41)/b23-22+,30-28+. The number of nitrogens with one attached hydrogen (secondary N) is 1. The Bertz CT molecular complexity index is 765. The summed E-state index contributed by atoms with van der Waals surface area (Å²) in [5, 5.41) is 13.1. The number of hydrogen-bond donors (Lipinski definition) is 3. The third-order valence-electron chi connectivity index (χ3n) is 7.88. The summed E-state index contributed by atoms with van der Waals surface area (Å²) in [6.07, 6.45) is 36.2. The molecule has 0 aliphatic carbocycles.